The number of aromatic nitrogens is 1. The van der Waals surface area contributed by atoms with Gasteiger partial charge in [-0.15, -0.1) is 0 Å². The Morgan fingerprint density at radius 2 is 2.19 bits per heavy atom. The van der Waals surface area contributed by atoms with Gasteiger partial charge in [-0.3, -0.25) is 10.1 Å². The molecule has 108 valence electrons. The maximum absolute atomic E-state index is 11.1. The smallest absolute Gasteiger partial charge is 0.295 e. The number of benzene rings is 1. The second-order valence-electron chi connectivity index (χ2n) is 4.96. The van der Waals surface area contributed by atoms with E-state index >= 15 is 0 Å². The molecule has 0 radical (unpaired) electrons. The van der Waals surface area contributed by atoms with Crippen molar-refractivity contribution in [2.24, 2.45) is 0 Å². The normalized spacial score (nSPS) is 10.6. The molecule has 0 unspecified atom stereocenters. The first kappa shape index (κ1) is 14.7. The SMILES string of the molecule is CC(C)N(CCC#N)c1ccnc2c([N+](=O)[O-])cccc12. The number of nitrogens with zero attached hydrogens (tertiary/aromatic N) is 4. The molecule has 1 heterocycles. The fourth-order valence-electron chi connectivity index (χ4n) is 2.37. The van der Waals surface area contributed by atoms with E-state index < -0.39 is 4.92 Å². The summed E-state index contributed by atoms with van der Waals surface area (Å²) in [6.45, 7) is 4.64. The van der Waals surface area contributed by atoms with Crippen LogP contribution in [0.2, 0.25) is 0 Å². The van der Waals surface area contributed by atoms with Crippen molar-refractivity contribution in [2.75, 3.05) is 11.4 Å². The van der Waals surface area contributed by atoms with Crippen molar-refractivity contribution < 1.29 is 4.92 Å². The van der Waals surface area contributed by atoms with Gasteiger partial charge in [0.15, 0.2) is 0 Å². The summed E-state index contributed by atoms with van der Waals surface area (Å²) in [4.78, 5) is 16.9. The first-order chi connectivity index (χ1) is 10.1. The van der Waals surface area contributed by atoms with Gasteiger partial charge < -0.3 is 4.90 Å². The molecule has 1 aromatic carbocycles. The van der Waals surface area contributed by atoms with E-state index in [1.807, 2.05) is 26.0 Å². The zero-order valence-corrected chi connectivity index (χ0v) is 12.0. The average molecular weight is 284 g/mol. The summed E-state index contributed by atoms with van der Waals surface area (Å²) in [6, 6.07) is 9.09. The van der Waals surface area contributed by atoms with Gasteiger partial charge in [0.1, 0.15) is 5.52 Å². The maximum atomic E-state index is 11.1. The molecule has 2 aromatic rings. The first-order valence-corrected chi connectivity index (χ1v) is 6.72. The number of pyridine rings is 1. The Kier molecular flexibility index (Phi) is 4.33. The molecule has 0 bridgehead atoms. The number of nitriles is 1. The van der Waals surface area contributed by atoms with Crippen LogP contribution < -0.4 is 4.90 Å². The molecule has 1 aromatic heterocycles. The highest BCUT2D eigenvalue weighted by atomic mass is 16.6. The molecule has 0 atom stereocenters. The predicted octanol–water partition coefficient (Wildman–Crippen LogP) is 3.27. The molecule has 0 fully saturated rings. The van der Waals surface area contributed by atoms with E-state index in [-0.39, 0.29) is 11.7 Å². The van der Waals surface area contributed by atoms with E-state index in [2.05, 4.69) is 16.0 Å². The summed E-state index contributed by atoms with van der Waals surface area (Å²) in [5, 5.41) is 20.6. The third-order valence-corrected chi connectivity index (χ3v) is 3.32. The minimum Gasteiger partial charge on any atom is -0.367 e. The Bertz CT molecular complexity index is 706. The summed E-state index contributed by atoms with van der Waals surface area (Å²) >= 11 is 0. The quantitative estimate of drug-likeness (QED) is 0.621. The summed E-state index contributed by atoms with van der Waals surface area (Å²) < 4.78 is 0. The van der Waals surface area contributed by atoms with Gasteiger partial charge in [0, 0.05) is 35.9 Å². The number of nitro benzene ring substituents is 1. The number of nitro groups is 1. The van der Waals surface area contributed by atoms with Crippen LogP contribution in [-0.4, -0.2) is 22.5 Å². The molecular formula is C15H16N4O2. The number of fused-ring (bicyclic) bond motifs is 1. The lowest BCUT2D eigenvalue weighted by atomic mass is 10.1. The average Bonchev–Trinajstić information content (AvgIpc) is 2.46. The minimum absolute atomic E-state index is 0.00154. The van der Waals surface area contributed by atoms with Gasteiger partial charge in [-0.1, -0.05) is 12.1 Å². The number of hydrogen-bond donors (Lipinski definition) is 0. The van der Waals surface area contributed by atoms with E-state index in [1.54, 1.807) is 12.3 Å². The van der Waals surface area contributed by atoms with Crippen LogP contribution in [0, 0.1) is 21.4 Å². The molecule has 0 N–H and O–H groups in total. The second kappa shape index (κ2) is 6.18. The van der Waals surface area contributed by atoms with Crippen LogP contribution >= 0.6 is 0 Å². The van der Waals surface area contributed by atoms with Gasteiger partial charge in [-0.2, -0.15) is 5.26 Å². The van der Waals surface area contributed by atoms with Crippen molar-refractivity contribution in [3.8, 4) is 6.07 Å². The Balaban J connectivity index is 2.61. The van der Waals surface area contributed by atoms with Crippen molar-refractivity contribution in [2.45, 2.75) is 26.3 Å². The molecule has 2 rings (SSSR count). The topological polar surface area (TPSA) is 83.1 Å². The molecule has 0 aliphatic carbocycles. The molecule has 0 saturated carbocycles. The summed E-state index contributed by atoms with van der Waals surface area (Å²) in [5.41, 5.74) is 1.25. The Morgan fingerprint density at radius 1 is 1.43 bits per heavy atom. The number of non-ortho nitro benzene ring substituents is 1. The highest BCUT2D eigenvalue weighted by Gasteiger charge is 2.18. The molecule has 0 amide bonds. The van der Waals surface area contributed by atoms with Gasteiger partial charge in [0.25, 0.3) is 5.69 Å². The maximum Gasteiger partial charge on any atom is 0.295 e. The van der Waals surface area contributed by atoms with Crippen molar-refractivity contribution in [3.05, 3.63) is 40.6 Å². The Morgan fingerprint density at radius 3 is 2.81 bits per heavy atom. The van der Waals surface area contributed by atoms with Crippen LogP contribution in [0.1, 0.15) is 20.3 Å². The predicted molar refractivity (Wildman–Crippen MR) is 81.1 cm³/mol. The van der Waals surface area contributed by atoms with Gasteiger partial charge in [0.05, 0.1) is 17.4 Å². The lowest BCUT2D eigenvalue weighted by Gasteiger charge is -2.29. The number of hydrogen-bond acceptors (Lipinski definition) is 5. The van der Waals surface area contributed by atoms with E-state index in [0.717, 1.165) is 11.1 Å². The third-order valence-electron chi connectivity index (χ3n) is 3.32. The molecule has 0 saturated heterocycles. The number of rotatable bonds is 5. The van der Waals surface area contributed by atoms with Crippen molar-refractivity contribution >= 4 is 22.3 Å². The van der Waals surface area contributed by atoms with Gasteiger partial charge in [-0.05, 0) is 19.9 Å². The van der Waals surface area contributed by atoms with Gasteiger partial charge in [-0.25, -0.2) is 4.98 Å². The van der Waals surface area contributed by atoms with Crippen LogP contribution in [-0.2, 0) is 0 Å². The Hall–Kier alpha value is -2.68. The highest BCUT2D eigenvalue weighted by Crippen LogP contribution is 2.31. The van der Waals surface area contributed by atoms with E-state index in [9.17, 15) is 10.1 Å². The Labute approximate surface area is 122 Å². The number of anilines is 1. The molecule has 0 spiro atoms. The van der Waals surface area contributed by atoms with Crippen molar-refractivity contribution in [1.29, 1.82) is 5.26 Å². The summed E-state index contributed by atoms with van der Waals surface area (Å²) in [7, 11) is 0. The molecular weight excluding hydrogens is 268 g/mol. The highest BCUT2D eigenvalue weighted by molar-refractivity contribution is 5.96. The first-order valence-electron chi connectivity index (χ1n) is 6.72. The summed E-state index contributed by atoms with van der Waals surface area (Å²) in [6.07, 6.45) is 1.98. The zero-order chi connectivity index (χ0) is 15.4. The minimum atomic E-state index is -0.423. The number of para-hydroxylation sites is 1. The van der Waals surface area contributed by atoms with Crippen LogP contribution in [0.5, 0.6) is 0 Å². The van der Waals surface area contributed by atoms with E-state index in [1.165, 1.54) is 6.07 Å². The van der Waals surface area contributed by atoms with Crippen LogP contribution in [0.3, 0.4) is 0 Å². The molecule has 0 aliphatic heterocycles. The van der Waals surface area contributed by atoms with Crippen LogP contribution in [0.4, 0.5) is 11.4 Å². The fourth-order valence-corrected chi connectivity index (χ4v) is 2.37. The summed E-state index contributed by atoms with van der Waals surface area (Å²) in [5.74, 6) is 0. The van der Waals surface area contributed by atoms with Gasteiger partial charge in [0.2, 0.25) is 0 Å². The van der Waals surface area contributed by atoms with Crippen LogP contribution in [0.15, 0.2) is 30.5 Å². The standard InChI is InChI=1S/C15H16N4O2/c1-11(2)18(10-4-8-16)13-7-9-17-15-12(13)5-3-6-14(15)19(20)21/h3,5-7,9,11H,4,10H2,1-2H3. The molecule has 0 aliphatic rings. The largest absolute Gasteiger partial charge is 0.367 e. The molecule has 6 heteroatoms. The van der Waals surface area contributed by atoms with E-state index in [4.69, 9.17) is 5.26 Å². The molecule has 6 nitrogen and oxygen atoms in total. The zero-order valence-electron chi connectivity index (χ0n) is 12.0. The second-order valence-corrected chi connectivity index (χ2v) is 4.96. The van der Waals surface area contributed by atoms with Crippen LogP contribution in [0.25, 0.3) is 10.9 Å². The molecule has 21 heavy (non-hydrogen) atoms. The van der Waals surface area contributed by atoms with Gasteiger partial charge >= 0.3 is 0 Å². The van der Waals surface area contributed by atoms with Crippen molar-refractivity contribution in [3.63, 3.8) is 0 Å². The lowest BCUT2D eigenvalue weighted by molar-refractivity contribution is -0.383. The third kappa shape index (κ3) is 2.92. The monoisotopic (exact) mass is 284 g/mol. The fraction of sp³-hybridized carbons (Fsp3) is 0.333. The lowest BCUT2D eigenvalue weighted by Crippen LogP contribution is -2.31. The van der Waals surface area contributed by atoms with E-state index in [0.29, 0.717) is 18.5 Å². The van der Waals surface area contributed by atoms with Crippen molar-refractivity contribution in [1.82, 2.24) is 4.98 Å².